The van der Waals surface area contributed by atoms with Gasteiger partial charge in [-0.1, -0.05) is 11.6 Å². The molecule has 2 aromatic carbocycles. The van der Waals surface area contributed by atoms with E-state index in [1.807, 2.05) is 5.38 Å². The van der Waals surface area contributed by atoms with Gasteiger partial charge in [-0.05, 0) is 48.5 Å². The first-order valence-corrected chi connectivity index (χ1v) is 10.2. The van der Waals surface area contributed by atoms with Crippen LogP contribution in [0.2, 0.25) is 5.02 Å². The van der Waals surface area contributed by atoms with Crippen molar-refractivity contribution in [2.75, 3.05) is 20.3 Å². The van der Waals surface area contributed by atoms with E-state index in [1.54, 1.807) is 36.3 Å². The first-order chi connectivity index (χ1) is 14.0. The maximum absolute atomic E-state index is 13.1. The fourth-order valence-corrected chi connectivity index (χ4v) is 3.41. The van der Waals surface area contributed by atoms with E-state index in [-0.39, 0.29) is 11.7 Å². The smallest absolute Gasteiger partial charge is 0.254 e. The molecule has 1 aromatic heterocycles. The molecule has 1 amide bonds. The Kier molecular flexibility index (Phi) is 7.57. The molecule has 152 valence electrons. The van der Waals surface area contributed by atoms with Crippen LogP contribution >= 0.6 is 22.9 Å². The molecule has 0 saturated heterocycles. The predicted octanol–water partition coefficient (Wildman–Crippen LogP) is 4.80. The molecule has 0 saturated carbocycles. The molecule has 0 fully saturated rings. The molecule has 0 bridgehead atoms. The van der Waals surface area contributed by atoms with E-state index < -0.39 is 0 Å². The molecule has 0 spiro atoms. The van der Waals surface area contributed by atoms with Crippen LogP contribution in [0.15, 0.2) is 53.9 Å². The molecular formula is C21H20ClFN2O3S. The Morgan fingerprint density at radius 2 is 1.90 bits per heavy atom. The van der Waals surface area contributed by atoms with Crippen LogP contribution in [0.3, 0.4) is 0 Å². The van der Waals surface area contributed by atoms with E-state index in [0.717, 1.165) is 10.7 Å². The lowest BCUT2D eigenvalue weighted by atomic mass is 10.2. The summed E-state index contributed by atoms with van der Waals surface area (Å²) >= 11 is 7.34. The van der Waals surface area contributed by atoms with E-state index in [1.165, 1.54) is 35.6 Å². The Balaban J connectivity index is 1.64. The normalized spacial score (nSPS) is 10.7. The summed E-state index contributed by atoms with van der Waals surface area (Å²) in [7, 11) is 1.58. The third kappa shape index (κ3) is 6.25. The van der Waals surface area contributed by atoms with E-state index in [0.29, 0.717) is 42.6 Å². The number of carbonyl (C=O) groups is 1. The number of benzene rings is 2. The molecule has 1 heterocycles. The Hall–Kier alpha value is -2.48. The summed E-state index contributed by atoms with van der Waals surface area (Å²) in [4.78, 5) is 19.0. The zero-order valence-corrected chi connectivity index (χ0v) is 17.4. The highest BCUT2D eigenvalue weighted by molar-refractivity contribution is 7.09. The van der Waals surface area contributed by atoms with E-state index in [9.17, 15) is 9.18 Å². The van der Waals surface area contributed by atoms with Crippen LogP contribution < -0.4 is 4.74 Å². The van der Waals surface area contributed by atoms with Gasteiger partial charge in [-0.2, -0.15) is 0 Å². The number of amides is 1. The molecule has 3 aromatic rings. The van der Waals surface area contributed by atoms with Crippen molar-refractivity contribution < 1.29 is 18.7 Å². The maximum atomic E-state index is 13.1. The van der Waals surface area contributed by atoms with Gasteiger partial charge < -0.3 is 14.4 Å². The molecule has 29 heavy (non-hydrogen) atoms. The van der Waals surface area contributed by atoms with Gasteiger partial charge in [0.15, 0.2) is 0 Å². The average Bonchev–Trinajstić information content (AvgIpc) is 3.18. The summed E-state index contributed by atoms with van der Waals surface area (Å²) in [6.45, 7) is 1.46. The number of carbonyl (C=O) groups excluding carboxylic acids is 1. The molecule has 0 aliphatic rings. The molecule has 0 aliphatic carbocycles. The quantitative estimate of drug-likeness (QED) is 0.485. The highest BCUT2D eigenvalue weighted by Crippen LogP contribution is 2.19. The van der Waals surface area contributed by atoms with Crippen molar-refractivity contribution in [2.24, 2.45) is 0 Å². The summed E-state index contributed by atoms with van der Waals surface area (Å²) < 4.78 is 24.0. The van der Waals surface area contributed by atoms with Crippen LogP contribution in [0, 0.1) is 5.82 Å². The lowest BCUT2D eigenvalue weighted by Crippen LogP contribution is -2.33. The summed E-state index contributed by atoms with van der Waals surface area (Å²) in [5, 5.41) is 3.35. The van der Waals surface area contributed by atoms with Crippen LogP contribution in [-0.2, 0) is 17.9 Å². The minimum atomic E-state index is -0.380. The third-order valence-corrected chi connectivity index (χ3v) is 5.19. The van der Waals surface area contributed by atoms with E-state index >= 15 is 0 Å². The molecule has 0 unspecified atom stereocenters. The van der Waals surface area contributed by atoms with Gasteiger partial charge >= 0.3 is 0 Å². The molecule has 0 radical (unpaired) electrons. The maximum Gasteiger partial charge on any atom is 0.254 e. The molecular weight excluding hydrogens is 415 g/mol. The highest BCUT2D eigenvalue weighted by Gasteiger charge is 2.17. The van der Waals surface area contributed by atoms with Crippen molar-refractivity contribution in [2.45, 2.75) is 13.2 Å². The zero-order valence-electron chi connectivity index (χ0n) is 15.8. The molecule has 0 aliphatic heterocycles. The average molecular weight is 435 g/mol. The van der Waals surface area contributed by atoms with E-state index in [2.05, 4.69) is 4.98 Å². The van der Waals surface area contributed by atoms with Gasteiger partial charge in [0.05, 0.1) is 18.8 Å². The minimum Gasteiger partial charge on any atom is -0.486 e. The van der Waals surface area contributed by atoms with Crippen molar-refractivity contribution in [1.82, 2.24) is 9.88 Å². The Morgan fingerprint density at radius 1 is 1.17 bits per heavy atom. The minimum absolute atomic E-state index is 0.200. The number of ether oxygens (including phenoxy) is 2. The number of aromatic nitrogens is 1. The van der Waals surface area contributed by atoms with Gasteiger partial charge in [0, 0.05) is 29.6 Å². The SMILES string of the molecule is COCCN(Cc1csc(COc2ccc(Cl)cc2)n1)C(=O)c1ccc(F)cc1. The summed E-state index contributed by atoms with van der Waals surface area (Å²) in [5.41, 5.74) is 1.18. The monoisotopic (exact) mass is 434 g/mol. The van der Waals surface area contributed by atoms with Crippen molar-refractivity contribution in [3.05, 3.63) is 81.0 Å². The van der Waals surface area contributed by atoms with Crippen LogP contribution in [-0.4, -0.2) is 36.1 Å². The molecule has 3 rings (SSSR count). The Bertz CT molecular complexity index is 932. The standard InChI is InChI=1S/C21H20ClFN2O3S/c1-27-11-10-25(21(26)15-2-6-17(23)7-3-15)12-18-14-29-20(24-18)13-28-19-8-4-16(22)5-9-19/h2-9,14H,10-13H2,1H3. The fraction of sp³-hybridized carbons (Fsp3) is 0.238. The van der Waals surface area contributed by atoms with Crippen LogP contribution in [0.4, 0.5) is 4.39 Å². The first kappa shape index (κ1) is 21.2. The number of thiazole rings is 1. The third-order valence-electron chi connectivity index (χ3n) is 4.07. The van der Waals surface area contributed by atoms with Crippen LogP contribution in [0.1, 0.15) is 21.1 Å². The summed E-state index contributed by atoms with van der Waals surface area (Å²) in [6.07, 6.45) is 0. The summed E-state index contributed by atoms with van der Waals surface area (Å²) in [6, 6.07) is 12.6. The van der Waals surface area contributed by atoms with Crippen molar-refractivity contribution >= 4 is 28.8 Å². The Morgan fingerprint density at radius 3 is 2.59 bits per heavy atom. The first-order valence-electron chi connectivity index (χ1n) is 8.90. The Labute approximate surface area is 177 Å². The lowest BCUT2D eigenvalue weighted by Gasteiger charge is -2.21. The number of rotatable bonds is 9. The van der Waals surface area contributed by atoms with Crippen molar-refractivity contribution in [3.63, 3.8) is 0 Å². The summed E-state index contributed by atoms with van der Waals surface area (Å²) in [5.74, 6) is 0.128. The number of nitrogens with zero attached hydrogens (tertiary/aromatic N) is 2. The van der Waals surface area contributed by atoms with Gasteiger partial charge in [0.25, 0.3) is 5.91 Å². The second kappa shape index (κ2) is 10.3. The topological polar surface area (TPSA) is 51.7 Å². The largest absolute Gasteiger partial charge is 0.486 e. The number of hydrogen-bond donors (Lipinski definition) is 0. The number of methoxy groups -OCH3 is 1. The second-order valence-electron chi connectivity index (χ2n) is 6.20. The van der Waals surface area contributed by atoms with Gasteiger partial charge in [0.1, 0.15) is 23.2 Å². The molecule has 0 atom stereocenters. The van der Waals surface area contributed by atoms with Crippen molar-refractivity contribution in [1.29, 1.82) is 0 Å². The van der Waals surface area contributed by atoms with Gasteiger partial charge in [-0.25, -0.2) is 9.37 Å². The molecule has 0 N–H and O–H groups in total. The van der Waals surface area contributed by atoms with E-state index in [4.69, 9.17) is 21.1 Å². The lowest BCUT2D eigenvalue weighted by molar-refractivity contribution is 0.0678. The van der Waals surface area contributed by atoms with Crippen LogP contribution in [0.25, 0.3) is 0 Å². The number of hydrogen-bond acceptors (Lipinski definition) is 5. The van der Waals surface area contributed by atoms with Gasteiger partial charge in [0.2, 0.25) is 0 Å². The van der Waals surface area contributed by atoms with Gasteiger partial charge in [-0.3, -0.25) is 4.79 Å². The zero-order chi connectivity index (χ0) is 20.6. The number of halogens is 2. The predicted molar refractivity (Wildman–Crippen MR) is 111 cm³/mol. The van der Waals surface area contributed by atoms with Gasteiger partial charge in [-0.15, -0.1) is 11.3 Å². The van der Waals surface area contributed by atoms with Crippen LogP contribution in [0.5, 0.6) is 5.75 Å². The molecule has 8 heteroatoms. The fourth-order valence-electron chi connectivity index (χ4n) is 2.59. The van der Waals surface area contributed by atoms with Crippen molar-refractivity contribution in [3.8, 4) is 5.75 Å². The highest BCUT2D eigenvalue weighted by atomic mass is 35.5. The molecule has 5 nitrogen and oxygen atoms in total. The second-order valence-corrected chi connectivity index (χ2v) is 7.58.